The molecule has 0 aliphatic heterocycles. The van der Waals surface area contributed by atoms with E-state index >= 15 is 0 Å². The SMILES string of the molecule is O=C(c1ccccc1)c1ccc(C(=O)N(c2ccccn2)c2ccccn2)cc1. The fourth-order valence-electron chi connectivity index (χ4n) is 2.95. The number of carbonyl (C=O) groups excluding carboxylic acids is 2. The van der Waals surface area contributed by atoms with Gasteiger partial charge in [-0.2, -0.15) is 0 Å². The Hall–Kier alpha value is -4.12. The second kappa shape index (κ2) is 8.27. The first-order chi connectivity index (χ1) is 14.2. The summed E-state index contributed by atoms with van der Waals surface area (Å²) in [5.74, 6) is 0.582. The Kier molecular flexibility index (Phi) is 5.21. The minimum absolute atomic E-state index is 0.0871. The van der Waals surface area contributed by atoms with E-state index < -0.39 is 0 Å². The van der Waals surface area contributed by atoms with E-state index in [1.807, 2.05) is 30.3 Å². The van der Waals surface area contributed by atoms with Gasteiger partial charge in [0.2, 0.25) is 0 Å². The highest BCUT2D eigenvalue weighted by atomic mass is 16.2. The van der Waals surface area contributed by atoms with Crippen molar-refractivity contribution in [3.05, 3.63) is 120 Å². The number of aromatic nitrogens is 2. The number of hydrogen-bond acceptors (Lipinski definition) is 4. The van der Waals surface area contributed by atoms with Gasteiger partial charge in [-0.1, -0.05) is 54.6 Å². The molecule has 5 heteroatoms. The lowest BCUT2D eigenvalue weighted by Crippen LogP contribution is -2.27. The highest BCUT2D eigenvalue weighted by molar-refractivity contribution is 6.12. The summed E-state index contributed by atoms with van der Waals surface area (Å²) in [5.41, 5.74) is 1.57. The number of benzene rings is 2. The quantitative estimate of drug-likeness (QED) is 0.472. The largest absolute Gasteiger partial charge is 0.289 e. The maximum Gasteiger partial charge on any atom is 0.265 e. The number of amides is 1. The van der Waals surface area contributed by atoms with Crippen molar-refractivity contribution in [3.8, 4) is 0 Å². The van der Waals surface area contributed by atoms with Crippen LogP contribution < -0.4 is 4.90 Å². The molecule has 29 heavy (non-hydrogen) atoms. The van der Waals surface area contributed by atoms with Crippen LogP contribution >= 0.6 is 0 Å². The molecule has 4 aromatic rings. The first kappa shape index (κ1) is 18.3. The van der Waals surface area contributed by atoms with Gasteiger partial charge in [-0.15, -0.1) is 0 Å². The fraction of sp³-hybridized carbons (Fsp3) is 0. The second-order valence-electron chi connectivity index (χ2n) is 6.29. The van der Waals surface area contributed by atoms with E-state index in [1.165, 1.54) is 4.90 Å². The molecule has 0 spiro atoms. The number of anilines is 2. The van der Waals surface area contributed by atoms with Crippen molar-refractivity contribution in [1.29, 1.82) is 0 Å². The number of carbonyl (C=O) groups is 2. The van der Waals surface area contributed by atoms with Crippen LogP contribution in [0.5, 0.6) is 0 Å². The second-order valence-corrected chi connectivity index (χ2v) is 6.29. The van der Waals surface area contributed by atoms with Gasteiger partial charge in [-0.25, -0.2) is 14.9 Å². The summed E-state index contributed by atoms with van der Waals surface area (Å²) in [4.78, 5) is 35.9. The van der Waals surface area contributed by atoms with Gasteiger partial charge < -0.3 is 0 Å². The summed E-state index contributed by atoms with van der Waals surface area (Å²) in [5, 5.41) is 0. The van der Waals surface area contributed by atoms with Crippen LogP contribution in [0.15, 0.2) is 103 Å². The van der Waals surface area contributed by atoms with E-state index in [9.17, 15) is 9.59 Å². The van der Waals surface area contributed by atoms with Crippen LogP contribution in [0.3, 0.4) is 0 Å². The van der Waals surface area contributed by atoms with Crippen LogP contribution in [-0.4, -0.2) is 21.7 Å². The smallest absolute Gasteiger partial charge is 0.265 e. The normalized spacial score (nSPS) is 10.3. The fourth-order valence-corrected chi connectivity index (χ4v) is 2.95. The van der Waals surface area contributed by atoms with E-state index in [1.54, 1.807) is 73.1 Å². The molecule has 2 aromatic carbocycles. The number of ketones is 1. The van der Waals surface area contributed by atoms with Gasteiger partial charge >= 0.3 is 0 Å². The molecular formula is C24H17N3O2. The van der Waals surface area contributed by atoms with Crippen LogP contribution in [0.25, 0.3) is 0 Å². The van der Waals surface area contributed by atoms with Gasteiger partial charge in [0.05, 0.1) is 0 Å². The third-order valence-corrected chi connectivity index (χ3v) is 4.39. The van der Waals surface area contributed by atoms with Gasteiger partial charge in [0, 0.05) is 29.1 Å². The average Bonchev–Trinajstić information content (AvgIpc) is 2.81. The third-order valence-electron chi connectivity index (χ3n) is 4.39. The van der Waals surface area contributed by atoms with E-state index in [-0.39, 0.29) is 11.7 Å². The highest BCUT2D eigenvalue weighted by Gasteiger charge is 2.22. The Balaban J connectivity index is 1.66. The molecule has 0 fully saturated rings. The molecule has 2 heterocycles. The molecule has 140 valence electrons. The topological polar surface area (TPSA) is 63.2 Å². The summed E-state index contributed by atoms with van der Waals surface area (Å²) < 4.78 is 0. The Morgan fingerprint density at radius 3 is 1.55 bits per heavy atom. The molecule has 4 rings (SSSR count). The molecule has 0 atom stereocenters. The maximum absolute atomic E-state index is 13.3. The predicted molar refractivity (Wildman–Crippen MR) is 111 cm³/mol. The van der Waals surface area contributed by atoms with E-state index in [2.05, 4.69) is 9.97 Å². The van der Waals surface area contributed by atoms with Gasteiger partial charge in [0.25, 0.3) is 5.91 Å². The van der Waals surface area contributed by atoms with E-state index in [4.69, 9.17) is 0 Å². The molecule has 0 N–H and O–H groups in total. The Morgan fingerprint density at radius 1 is 0.552 bits per heavy atom. The molecule has 1 amide bonds. The molecule has 0 saturated carbocycles. The number of hydrogen-bond donors (Lipinski definition) is 0. The molecule has 0 aliphatic rings. The number of pyridine rings is 2. The molecule has 0 saturated heterocycles. The number of nitrogens with zero attached hydrogens (tertiary/aromatic N) is 3. The summed E-state index contributed by atoms with van der Waals surface area (Å²) in [6.07, 6.45) is 3.25. The Bertz CT molecular complexity index is 1070. The minimum atomic E-state index is -0.277. The van der Waals surface area contributed by atoms with Crippen molar-refractivity contribution < 1.29 is 9.59 Å². The third kappa shape index (κ3) is 3.94. The zero-order chi connectivity index (χ0) is 20.1. The van der Waals surface area contributed by atoms with E-state index in [0.29, 0.717) is 28.3 Å². The lowest BCUT2D eigenvalue weighted by molar-refractivity contribution is 0.0994. The van der Waals surface area contributed by atoms with Crippen LogP contribution in [0, 0.1) is 0 Å². The maximum atomic E-state index is 13.3. The standard InChI is InChI=1S/C24H17N3O2/c28-23(18-8-2-1-3-9-18)19-12-14-20(15-13-19)24(29)27(21-10-4-6-16-25-21)22-11-5-7-17-26-22/h1-17H. The van der Waals surface area contributed by atoms with Gasteiger partial charge in [0.1, 0.15) is 11.6 Å². The molecular weight excluding hydrogens is 362 g/mol. The van der Waals surface area contributed by atoms with Crippen LogP contribution in [0.2, 0.25) is 0 Å². The van der Waals surface area contributed by atoms with Gasteiger partial charge in [-0.3, -0.25) is 9.59 Å². The molecule has 2 aromatic heterocycles. The Labute approximate surface area is 168 Å². The average molecular weight is 379 g/mol. The lowest BCUT2D eigenvalue weighted by Gasteiger charge is -2.20. The zero-order valence-corrected chi connectivity index (χ0v) is 15.5. The molecule has 0 radical (unpaired) electrons. The van der Waals surface area contributed by atoms with Crippen LogP contribution in [-0.2, 0) is 0 Å². The first-order valence-electron chi connectivity index (χ1n) is 9.10. The minimum Gasteiger partial charge on any atom is -0.289 e. The van der Waals surface area contributed by atoms with Crippen molar-refractivity contribution in [2.75, 3.05) is 4.90 Å². The summed E-state index contributed by atoms with van der Waals surface area (Å²) in [6.45, 7) is 0. The monoisotopic (exact) mass is 379 g/mol. The van der Waals surface area contributed by atoms with Crippen molar-refractivity contribution >= 4 is 23.3 Å². The van der Waals surface area contributed by atoms with E-state index in [0.717, 1.165) is 0 Å². The number of rotatable bonds is 5. The van der Waals surface area contributed by atoms with Crippen LogP contribution in [0.1, 0.15) is 26.3 Å². The zero-order valence-electron chi connectivity index (χ0n) is 15.5. The lowest BCUT2D eigenvalue weighted by atomic mass is 10.0. The first-order valence-corrected chi connectivity index (χ1v) is 9.10. The predicted octanol–water partition coefficient (Wildman–Crippen LogP) is 4.69. The molecule has 5 nitrogen and oxygen atoms in total. The van der Waals surface area contributed by atoms with Crippen LogP contribution in [0.4, 0.5) is 11.6 Å². The molecule has 0 aliphatic carbocycles. The van der Waals surface area contributed by atoms with Crippen molar-refractivity contribution in [1.82, 2.24) is 9.97 Å². The van der Waals surface area contributed by atoms with Gasteiger partial charge in [0.15, 0.2) is 5.78 Å². The molecule has 0 unspecified atom stereocenters. The van der Waals surface area contributed by atoms with Crippen molar-refractivity contribution in [3.63, 3.8) is 0 Å². The summed E-state index contributed by atoms with van der Waals surface area (Å²) in [7, 11) is 0. The summed E-state index contributed by atoms with van der Waals surface area (Å²) in [6, 6.07) is 26.4. The molecule has 0 bridgehead atoms. The Morgan fingerprint density at radius 2 is 1.03 bits per heavy atom. The van der Waals surface area contributed by atoms with Crippen molar-refractivity contribution in [2.45, 2.75) is 0 Å². The van der Waals surface area contributed by atoms with Crippen molar-refractivity contribution in [2.24, 2.45) is 0 Å². The summed E-state index contributed by atoms with van der Waals surface area (Å²) >= 11 is 0. The van der Waals surface area contributed by atoms with Gasteiger partial charge in [-0.05, 0) is 36.4 Å². The highest BCUT2D eigenvalue weighted by Crippen LogP contribution is 2.24.